The Hall–Kier alpha value is -3.45. The van der Waals surface area contributed by atoms with Crippen molar-refractivity contribution in [3.05, 3.63) is 60.8 Å². The number of carboxylic acid groups (broad SMARTS) is 1. The molecule has 2 aromatic carbocycles. The van der Waals surface area contributed by atoms with E-state index in [4.69, 9.17) is 5.11 Å². The second-order valence-electron chi connectivity index (χ2n) is 7.37. The van der Waals surface area contributed by atoms with Gasteiger partial charge in [0.1, 0.15) is 5.75 Å². The highest BCUT2D eigenvalue weighted by Crippen LogP contribution is 2.30. The molecule has 7 nitrogen and oxygen atoms in total. The van der Waals surface area contributed by atoms with Crippen molar-refractivity contribution in [3.63, 3.8) is 0 Å². The summed E-state index contributed by atoms with van der Waals surface area (Å²) in [4.78, 5) is 15.3. The van der Waals surface area contributed by atoms with Gasteiger partial charge in [-0.3, -0.25) is 9.69 Å². The van der Waals surface area contributed by atoms with Crippen LogP contribution >= 0.6 is 0 Å². The summed E-state index contributed by atoms with van der Waals surface area (Å²) in [5.74, 6) is -0.564. The Bertz CT molecular complexity index is 1010. The standard InChI is InChI=1S/C23H24N4O3/c28-22-4-2-1-3-20(22)21-15-18(16-24-25-21)17-5-7-19(8-6-17)27-13-11-26(12-14-27)10-9-23(29)30/h1-8,15-16,28H,9-14H2,(H,29,30). The van der Waals surface area contributed by atoms with Crippen molar-refractivity contribution in [3.8, 4) is 28.1 Å². The molecule has 4 rings (SSSR count). The largest absolute Gasteiger partial charge is 0.507 e. The fourth-order valence-corrected chi connectivity index (χ4v) is 3.69. The smallest absolute Gasteiger partial charge is 0.304 e. The van der Waals surface area contributed by atoms with Gasteiger partial charge >= 0.3 is 5.97 Å². The van der Waals surface area contributed by atoms with Gasteiger partial charge in [0.15, 0.2) is 0 Å². The lowest BCUT2D eigenvalue weighted by molar-refractivity contribution is -0.137. The van der Waals surface area contributed by atoms with Crippen LogP contribution in [0.4, 0.5) is 5.69 Å². The molecule has 0 unspecified atom stereocenters. The Balaban J connectivity index is 1.44. The number of phenolic OH excluding ortho intramolecular Hbond substituents is 1. The Kier molecular flexibility index (Phi) is 5.90. The third-order valence-corrected chi connectivity index (χ3v) is 5.41. The molecule has 1 saturated heterocycles. The van der Waals surface area contributed by atoms with Gasteiger partial charge in [-0.2, -0.15) is 10.2 Å². The average molecular weight is 404 g/mol. The monoisotopic (exact) mass is 404 g/mol. The minimum atomic E-state index is -0.746. The van der Waals surface area contributed by atoms with E-state index in [1.165, 1.54) is 0 Å². The number of phenols is 1. The number of hydrogen-bond acceptors (Lipinski definition) is 6. The third kappa shape index (κ3) is 4.58. The molecule has 3 aromatic rings. The second kappa shape index (κ2) is 8.92. The number of aliphatic carboxylic acids is 1. The highest BCUT2D eigenvalue weighted by atomic mass is 16.4. The Morgan fingerprint density at radius 3 is 2.40 bits per heavy atom. The van der Waals surface area contributed by atoms with Gasteiger partial charge in [-0.05, 0) is 35.9 Å². The van der Waals surface area contributed by atoms with Crippen LogP contribution in [0.1, 0.15) is 6.42 Å². The van der Waals surface area contributed by atoms with E-state index in [2.05, 4.69) is 44.3 Å². The van der Waals surface area contributed by atoms with Gasteiger partial charge in [0, 0.05) is 49.5 Å². The van der Waals surface area contributed by atoms with Gasteiger partial charge in [0.25, 0.3) is 0 Å². The number of nitrogens with zero attached hydrogens (tertiary/aromatic N) is 4. The predicted octanol–water partition coefficient (Wildman–Crippen LogP) is 3.11. The lowest BCUT2D eigenvalue weighted by atomic mass is 10.0. The number of para-hydroxylation sites is 1. The van der Waals surface area contributed by atoms with Gasteiger partial charge in [-0.25, -0.2) is 0 Å². The molecule has 0 aliphatic carbocycles. The maximum absolute atomic E-state index is 10.7. The Morgan fingerprint density at radius 2 is 1.70 bits per heavy atom. The normalized spacial score (nSPS) is 14.6. The first kappa shape index (κ1) is 19.8. The minimum absolute atomic E-state index is 0.182. The zero-order chi connectivity index (χ0) is 20.9. The van der Waals surface area contributed by atoms with E-state index < -0.39 is 5.97 Å². The van der Waals surface area contributed by atoms with E-state index >= 15 is 0 Å². The Morgan fingerprint density at radius 1 is 0.967 bits per heavy atom. The fraction of sp³-hybridized carbons (Fsp3) is 0.261. The SMILES string of the molecule is O=C(O)CCN1CCN(c2ccc(-c3cnnc(-c4ccccc4O)c3)cc2)CC1. The molecule has 154 valence electrons. The minimum Gasteiger partial charge on any atom is -0.507 e. The lowest BCUT2D eigenvalue weighted by Crippen LogP contribution is -2.46. The molecule has 0 spiro atoms. The molecule has 2 heterocycles. The molecule has 2 N–H and O–H groups in total. The summed E-state index contributed by atoms with van der Waals surface area (Å²) in [6.45, 7) is 4.11. The molecule has 30 heavy (non-hydrogen) atoms. The van der Waals surface area contributed by atoms with E-state index in [0.29, 0.717) is 17.8 Å². The molecule has 1 aliphatic heterocycles. The molecule has 0 bridgehead atoms. The average Bonchev–Trinajstić information content (AvgIpc) is 2.78. The van der Waals surface area contributed by atoms with Gasteiger partial charge < -0.3 is 15.1 Å². The molecule has 1 aliphatic rings. The summed E-state index contributed by atoms with van der Waals surface area (Å²) in [7, 11) is 0. The summed E-state index contributed by atoms with van der Waals surface area (Å²) in [5.41, 5.74) is 4.41. The van der Waals surface area contributed by atoms with Crippen molar-refractivity contribution < 1.29 is 15.0 Å². The highest BCUT2D eigenvalue weighted by molar-refractivity contribution is 5.73. The number of carbonyl (C=O) groups is 1. The summed E-state index contributed by atoms with van der Waals surface area (Å²) >= 11 is 0. The van der Waals surface area contributed by atoms with E-state index in [9.17, 15) is 9.90 Å². The summed E-state index contributed by atoms with van der Waals surface area (Å²) in [5, 5.41) is 27.2. The topological polar surface area (TPSA) is 89.8 Å². The van der Waals surface area contributed by atoms with Crippen LogP contribution in [0, 0.1) is 0 Å². The van der Waals surface area contributed by atoms with Crippen LogP contribution in [0.15, 0.2) is 60.8 Å². The maximum atomic E-state index is 10.7. The van der Waals surface area contributed by atoms with E-state index in [-0.39, 0.29) is 12.2 Å². The predicted molar refractivity (Wildman–Crippen MR) is 115 cm³/mol. The summed E-state index contributed by atoms with van der Waals surface area (Å²) in [6, 6.07) is 17.4. The van der Waals surface area contributed by atoms with Crippen LogP contribution in [0.5, 0.6) is 5.75 Å². The van der Waals surface area contributed by atoms with Crippen molar-refractivity contribution in [2.45, 2.75) is 6.42 Å². The van der Waals surface area contributed by atoms with Crippen LogP contribution in [-0.4, -0.2) is 64.0 Å². The number of hydrogen-bond donors (Lipinski definition) is 2. The van der Waals surface area contributed by atoms with E-state index in [0.717, 1.165) is 43.0 Å². The Labute approximate surface area is 175 Å². The van der Waals surface area contributed by atoms with Crippen molar-refractivity contribution in [1.82, 2.24) is 15.1 Å². The second-order valence-corrected chi connectivity index (χ2v) is 7.37. The van der Waals surface area contributed by atoms with Crippen molar-refractivity contribution >= 4 is 11.7 Å². The molecule has 0 radical (unpaired) electrons. The van der Waals surface area contributed by atoms with Crippen molar-refractivity contribution in [2.24, 2.45) is 0 Å². The van der Waals surface area contributed by atoms with Crippen LogP contribution in [-0.2, 0) is 4.79 Å². The molecule has 7 heteroatoms. The van der Waals surface area contributed by atoms with Crippen molar-refractivity contribution in [2.75, 3.05) is 37.6 Å². The van der Waals surface area contributed by atoms with Crippen LogP contribution in [0.25, 0.3) is 22.4 Å². The van der Waals surface area contributed by atoms with E-state index in [1.54, 1.807) is 18.3 Å². The molecule has 1 fully saturated rings. The maximum Gasteiger partial charge on any atom is 0.304 e. The van der Waals surface area contributed by atoms with Gasteiger partial charge in [-0.15, -0.1) is 0 Å². The van der Waals surface area contributed by atoms with Crippen molar-refractivity contribution in [1.29, 1.82) is 0 Å². The third-order valence-electron chi connectivity index (χ3n) is 5.41. The molecular formula is C23H24N4O3. The number of aromatic nitrogens is 2. The molecule has 0 atom stereocenters. The zero-order valence-electron chi connectivity index (χ0n) is 16.6. The quantitative estimate of drug-likeness (QED) is 0.652. The molecule has 0 amide bonds. The summed E-state index contributed by atoms with van der Waals surface area (Å²) in [6.07, 6.45) is 1.91. The van der Waals surface area contributed by atoms with Gasteiger partial charge in [-0.1, -0.05) is 24.3 Å². The van der Waals surface area contributed by atoms with Gasteiger partial charge in [0.05, 0.1) is 18.3 Å². The number of benzene rings is 2. The molecule has 0 saturated carbocycles. The first-order valence-corrected chi connectivity index (χ1v) is 10.0. The van der Waals surface area contributed by atoms with E-state index in [1.807, 2.05) is 18.2 Å². The molecular weight excluding hydrogens is 380 g/mol. The first-order valence-electron chi connectivity index (χ1n) is 10.0. The van der Waals surface area contributed by atoms with Gasteiger partial charge in [0.2, 0.25) is 0 Å². The number of rotatable bonds is 6. The first-order chi connectivity index (χ1) is 14.6. The zero-order valence-corrected chi connectivity index (χ0v) is 16.6. The number of carboxylic acids is 1. The highest BCUT2D eigenvalue weighted by Gasteiger charge is 2.18. The van der Waals surface area contributed by atoms with Crippen LogP contribution < -0.4 is 4.90 Å². The van der Waals surface area contributed by atoms with Crippen LogP contribution in [0.2, 0.25) is 0 Å². The fourth-order valence-electron chi connectivity index (χ4n) is 3.69. The number of anilines is 1. The summed E-state index contributed by atoms with van der Waals surface area (Å²) < 4.78 is 0. The lowest BCUT2D eigenvalue weighted by Gasteiger charge is -2.36. The number of piperazine rings is 1. The number of aromatic hydroxyl groups is 1. The van der Waals surface area contributed by atoms with Crippen LogP contribution in [0.3, 0.4) is 0 Å². The molecule has 1 aromatic heterocycles.